The molecule has 0 atom stereocenters. The minimum Gasteiger partial charge on any atom is -0.478 e. The fraction of sp³-hybridized carbons (Fsp3) is 0.154. The lowest BCUT2D eigenvalue weighted by molar-refractivity contribution is 0.0698. The molecular weight excluding hydrogens is 276 g/mol. The molecule has 2 aromatic rings. The Hall–Kier alpha value is -2.41. The second-order valence-corrected chi connectivity index (χ2v) is 4.58. The van der Waals surface area contributed by atoms with Gasteiger partial charge in [0.05, 0.1) is 22.9 Å². The number of carbonyl (C=O) groups is 1. The number of nitrogens with zero attached hydrogens (tertiary/aromatic N) is 2. The van der Waals surface area contributed by atoms with Gasteiger partial charge >= 0.3 is 5.97 Å². The van der Waals surface area contributed by atoms with Crippen LogP contribution in [0.1, 0.15) is 10.4 Å². The van der Waals surface area contributed by atoms with Crippen LogP contribution in [0.5, 0.6) is 0 Å². The first kappa shape index (κ1) is 14.0. The van der Waals surface area contributed by atoms with E-state index in [1.165, 1.54) is 6.07 Å². The maximum Gasteiger partial charge on any atom is 0.337 e. The smallest absolute Gasteiger partial charge is 0.337 e. The third-order valence-electron chi connectivity index (χ3n) is 2.71. The Bertz CT molecular complexity index is 693. The molecule has 0 aliphatic carbocycles. The minimum atomic E-state index is -1.01. The summed E-state index contributed by atoms with van der Waals surface area (Å²) in [6.45, 7) is 4.11. The number of aromatic carboxylic acids is 1. The van der Waals surface area contributed by atoms with E-state index in [0.29, 0.717) is 28.4 Å². The van der Waals surface area contributed by atoms with Crippen LogP contribution in [-0.2, 0) is 7.05 Å². The molecule has 7 heteroatoms. The molecule has 3 N–H and O–H groups in total. The Morgan fingerprint density at radius 1 is 1.60 bits per heavy atom. The third-order valence-corrected chi connectivity index (χ3v) is 2.95. The summed E-state index contributed by atoms with van der Waals surface area (Å²) in [5.41, 5.74) is 1.93. The lowest BCUT2D eigenvalue weighted by atomic mass is 10.1. The molecule has 1 heterocycles. The molecule has 6 nitrogen and oxygen atoms in total. The number of aryl methyl sites for hydroxylation is 1. The number of anilines is 1. The van der Waals surface area contributed by atoms with Crippen molar-refractivity contribution in [3.05, 3.63) is 36.7 Å². The van der Waals surface area contributed by atoms with Crippen molar-refractivity contribution in [1.82, 2.24) is 14.9 Å². The Balaban J connectivity index is 2.38. The van der Waals surface area contributed by atoms with E-state index in [9.17, 15) is 9.90 Å². The number of hydrogen-bond donors (Lipinski definition) is 3. The van der Waals surface area contributed by atoms with Crippen molar-refractivity contribution < 1.29 is 9.90 Å². The fourth-order valence-corrected chi connectivity index (χ4v) is 2.07. The van der Waals surface area contributed by atoms with Crippen LogP contribution in [0.4, 0.5) is 5.69 Å². The van der Waals surface area contributed by atoms with Crippen LogP contribution in [0.2, 0.25) is 0 Å². The summed E-state index contributed by atoms with van der Waals surface area (Å²) in [4.78, 5) is 15.5. The van der Waals surface area contributed by atoms with Gasteiger partial charge in [0, 0.05) is 19.3 Å². The van der Waals surface area contributed by atoms with Gasteiger partial charge in [-0.25, -0.2) is 9.78 Å². The lowest BCUT2D eigenvalue weighted by Gasteiger charge is -2.10. The molecule has 0 spiro atoms. The highest BCUT2D eigenvalue weighted by atomic mass is 32.1. The molecule has 0 saturated carbocycles. The van der Waals surface area contributed by atoms with Gasteiger partial charge in [0.15, 0.2) is 5.11 Å². The van der Waals surface area contributed by atoms with Gasteiger partial charge in [0.1, 0.15) is 0 Å². The summed E-state index contributed by atoms with van der Waals surface area (Å²) < 4.78 is 1.68. The van der Waals surface area contributed by atoms with Gasteiger partial charge in [-0.05, 0) is 24.4 Å². The number of hydrogen-bond acceptors (Lipinski definition) is 3. The molecule has 0 aliphatic heterocycles. The Morgan fingerprint density at radius 2 is 2.35 bits per heavy atom. The van der Waals surface area contributed by atoms with Crippen molar-refractivity contribution in [3.63, 3.8) is 0 Å². The van der Waals surface area contributed by atoms with Gasteiger partial charge in [0.2, 0.25) is 0 Å². The van der Waals surface area contributed by atoms with Crippen molar-refractivity contribution in [2.45, 2.75) is 0 Å². The van der Waals surface area contributed by atoms with Gasteiger partial charge in [-0.15, -0.1) is 6.58 Å². The highest BCUT2D eigenvalue weighted by Crippen LogP contribution is 2.23. The van der Waals surface area contributed by atoms with Gasteiger partial charge in [-0.3, -0.25) is 0 Å². The van der Waals surface area contributed by atoms with Crippen molar-refractivity contribution in [2.75, 3.05) is 11.9 Å². The number of carboxylic acid groups (broad SMARTS) is 1. The van der Waals surface area contributed by atoms with E-state index in [4.69, 9.17) is 12.2 Å². The molecule has 1 aromatic carbocycles. The number of imidazole rings is 1. The van der Waals surface area contributed by atoms with E-state index in [0.717, 1.165) is 0 Å². The van der Waals surface area contributed by atoms with Gasteiger partial charge in [0.25, 0.3) is 0 Å². The van der Waals surface area contributed by atoms with Crippen LogP contribution in [0, 0.1) is 0 Å². The second kappa shape index (κ2) is 5.70. The predicted molar refractivity (Wildman–Crippen MR) is 82.1 cm³/mol. The quantitative estimate of drug-likeness (QED) is 0.588. The van der Waals surface area contributed by atoms with Crippen LogP contribution < -0.4 is 10.6 Å². The maximum atomic E-state index is 11.3. The fourth-order valence-electron chi connectivity index (χ4n) is 1.87. The molecule has 0 fully saturated rings. The molecule has 0 unspecified atom stereocenters. The molecule has 2 rings (SSSR count). The molecule has 1 aromatic heterocycles. The summed E-state index contributed by atoms with van der Waals surface area (Å²) in [5, 5.41) is 15.5. The average Bonchev–Trinajstić information content (AvgIpc) is 2.77. The molecule has 0 amide bonds. The van der Waals surface area contributed by atoms with Crippen LogP contribution in [0.15, 0.2) is 31.1 Å². The first-order valence-corrected chi connectivity index (χ1v) is 6.28. The monoisotopic (exact) mass is 290 g/mol. The zero-order valence-corrected chi connectivity index (χ0v) is 11.7. The molecule has 0 saturated heterocycles. The Kier molecular flexibility index (Phi) is 3.99. The van der Waals surface area contributed by atoms with Crippen molar-refractivity contribution >= 4 is 40.0 Å². The molecule has 104 valence electrons. The van der Waals surface area contributed by atoms with Crippen molar-refractivity contribution in [1.29, 1.82) is 0 Å². The van der Waals surface area contributed by atoms with Crippen molar-refractivity contribution in [3.8, 4) is 0 Å². The zero-order chi connectivity index (χ0) is 14.7. The summed E-state index contributed by atoms with van der Waals surface area (Å²) in [7, 11) is 1.76. The van der Waals surface area contributed by atoms with E-state index < -0.39 is 5.97 Å². The third kappa shape index (κ3) is 2.77. The summed E-state index contributed by atoms with van der Waals surface area (Å²) >= 11 is 5.10. The normalized spacial score (nSPS) is 10.2. The van der Waals surface area contributed by atoms with E-state index in [1.54, 1.807) is 30.1 Å². The standard InChI is InChI=1S/C13H14N4O2S/c1-3-4-14-13(20)16-8-5-9(12(18)19)11-10(6-8)15-7-17(11)2/h3,5-7H,1,4H2,2H3,(H,18,19)(H2,14,16,20). The highest BCUT2D eigenvalue weighted by Gasteiger charge is 2.14. The Morgan fingerprint density at radius 3 is 3.00 bits per heavy atom. The molecular formula is C13H14N4O2S. The van der Waals surface area contributed by atoms with Crippen LogP contribution in [0.3, 0.4) is 0 Å². The van der Waals surface area contributed by atoms with Crippen molar-refractivity contribution in [2.24, 2.45) is 7.05 Å². The molecule has 0 aliphatic rings. The van der Waals surface area contributed by atoms with E-state index >= 15 is 0 Å². The maximum absolute atomic E-state index is 11.3. The number of fused-ring (bicyclic) bond motifs is 1. The zero-order valence-electron chi connectivity index (χ0n) is 10.9. The van der Waals surface area contributed by atoms with E-state index in [-0.39, 0.29) is 5.56 Å². The van der Waals surface area contributed by atoms with Crippen LogP contribution in [-0.4, -0.2) is 32.3 Å². The van der Waals surface area contributed by atoms with Gasteiger partial charge in [-0.1, -0.05) is 6.08 Å². The number of thiocarbonyl (C=S) groups is 1. The van der Waals surface area contributed by atoms with Gasteiger partial charge in [-0.2, -0.15) is 0 Å². The number of benzene rings is 1. The number of nitrogens with one attached hydrogen (secondary N) is 2. The first-order chi connectivity index (χ1) is 9.52. The average molecular weight is 290 g/mol. The topological polar surface area (TPSA) is 79.2 Å². The van der Waals surface area contributed by atoms with E-state index in [1.807, 2.05) is 0 Å². The minimum absolute atomic E-state index is 0.177. The van der Waals surface area contributed by atoms with E-state index in [2.05, 4.69) is 22.2 Å². The summed E-state index contributed by atoms with van der Waals surface area (Å²) in [6, 6.07) is 3.29. The number of rotatable bonds is 4. The number of aromatic nitrogens is 2. The molecule has 20 heavy (non-hydrogen) atoms. The highest BCUT2D eigenvalue weighted by molar-refractivity contribution is 7.80. The summed E-state index contributed by atoms with van der Waals surface area (Å²) in [5.74, 6) is -1.01. The first-order valence-electron chi connectivity index (χ1n) is 5.87. The summed E-state index contributed by atoms with van der Waals surface area (Å²) in [6.07, 6.45) is 3.26. The lowest BCUT2D eigenvalue weighted by Crippen LogP contribution is -2.28. The molecule has 0 radical (unpaired) electrons. The van der Waals surface area contributed by atoms with Gasteiger partial charge < -0.3 is 20.3 Å². The second-order valence-electron chi connectivity index (χ2n) is 4.18. The Labute approximate surface area is 121 Å². The van der Waals surface area contributed by atoms with Crippen LogP contribution in [0.25, 0.3) is 11.0 Å². The van der Waals surface area contributed by atoms with Crippen LogP contribution >= 0.6 is 12.2 Å². The SMILES string of the molecule is C=CCNC(=S)Nc1cc(C(=O)O)c2c(c1)ncn2C. The number of carboxylic acids is 1. The predicted octanol–water partition coefficient (Wildman–Crippen LogP) is 1.74. The largest absolute Gasteiger partial charge is 0.478 e. The molecule has 0 bridgehead atoms.